The Labute approximate surface area is 108 Å². The molecule has 0 aliphatic carbocycles. The number of halogens is 2. The van der Waals surface area contributed by atoms with Gasteiger partial charge in [-0.15, -0.1) is 0 Å². The highest BCUT2D eigenvalue weighted by atomic mass is 35.5. The van der Waals surface area contributed by atoms with Crippen molar-refractivity contribution in [2.75, 3.05) is 10.5 Å². The third kappa shape index (κ3) is 4.03. The molecule has 94 valence electrons. The number of carbonyl (C=O) groups is 1. The molecule has 0 fully saturated rings. The van der Waals surface area contributed by atoms with Crippen LogP contribution in [0.5, 0.6) is 0 Å². The van der Waals surface area contributed by atoms with Crippen LogP contribution >= 0.6 is 23.2 Å². The molecule has 0 aliphatic heterocycles. The maximum atomic E-state index is 11.4. The second-order valence-electron chi connectivity index (χ2n) is 3.18. The van der Waals surface area contributed by atoms with Gasteiger partial charge in [0.1, 0.15) is 5.15 Å². The smallest absolute Gasteiger partial charge is 0.320 e. The number of anilines is 1. The Hall–Kier alpha value is -1.05. The number of carboxylic acid groups (broad SMARTS) is 1. The van der Waals surface area contributed by atoms with Crippen molar-refractivity contribution in [1.82, 2.24) is 4.98 Å². The molecule has 0 unspecified atom stereocenters. The number of nitrogens with zero attached hydrogens (tertiary/aromatic N) is 1. The zero-order chi connectivity index (χ0) is 13.2. The maximum Gasteiger partial charge on any atom is 0.320 e. The Balaban J connectivity index is 3.08. The minimum Gasteiger partial charge on any atom is -0.480 e. The van der Waals surface area contributed by atoms with E-state index in [9.17, 15) is 13.2 Å². The lowest BCUT2D eigenvalue weighted by Gasteiger charge is -2.10. The first kappa shape index (κ1) is 14.0. The third-order valence-electron chi connectivity index (χ3n) is 1.71. The summed E-state index contributed by atoms with van der Waals surface area (Å²) in [5.41, 5.74) is 0.473. The van der Waals surface area contributed by atoms with E-state index in [0.29, 0.717) is 5.56 Å². The number of pyridine rings is 1. The molecule has 0 amide bonds. The highest BCUT2D eigenvalue weighted by Crippen LogP contribution is 2.27. The zero-order valence-electron chi connectivity index (χ0n) is 8.57. The number of hydrogen-bond donors (Lipinski definition) is 2. The number of hydrogen-bond acceptors (Lipinski definition) is 4. The lowest BCUT2D eigenvalue weighted by atomic mass is 10.3. The standard InChI is InChI=1S/C8H8Cl2N2O4S/c1-4-2-5(9)11-8(10)7(4)12-17(15,16)3-6(13)14/h2,12H,3H2,1H3,(H,13,14). The predicted octanol–water partition coefficient (Wildman–Crippen LogP) is 1.52. The quantitative estimate of drug-likeness (QED) is 0.822. The molecule has 2 N–H and O–H groups in total. The topological polar surface area (TPSA) is 96.4 Å². The monoisotopic (exact) mass is 298 g/mol. The fraction of sp³-hybridized carbons (Fsp3) is 0.250. The lowest BCUT2D eigenvalue weighted by Crippen LogP contribution is -2.23. The first-order valence-electron chi connectivity index (χ1n) is 4.26. The van der Waals surface area contributed by atoms with Gasteiger partial charge in [0.2, 0.25) is 10.0 Å². The molecule has 0 aliphatic rings. The second-order valence-corrected chi connectivity index (χ2v) is 5.65. The van der Waals surface area contributed by atoms with Crippen LogP contribution in [0.3, 0.4) is 0 Å². The van der Waals surface area contributed by atoms with E-state index in [1.165, 1.54) is 6.07 Å². The molecule has 1 aromatic heterocycles. The Morgan fingerprint density at radius 3 is 2.59 bits per heavy atom. The van der Waals surface area contributed by atoms with E-state index in [2.05, 4.69) is 9.71 Å². The molecule has 17 heavy (non-hydrogen) atoms. The summed E-state index contributed by atoms with van der Waals surface area (Å²) in [6.45, 7) is 1.57. The Bertz CT molecular complexity index is 536. The number of aromatic nitrogens is 1. The van der Waals surface area contributed by atoms with Crippen molar-refractivity contribution < 1.29 is 18.3 Å². The van der Waals surface area contributed by atoms with Crippen molar-refractivity contribution in [2.24, 2.45) is 0 Å². The molecular formula is C8H8Cl2N2O4S. The Morgan fingerprint density at radius 1 is 1.53 bits per heavy atom. The van der Waals surface area contributed by atoms with Gasteiger partial charge < -0.3 is 5.11 Å². The SMILES string of the molecule is Cc1cc(Cl)nc(Cl)c1NS(=O)(=O)CC(=O)O. The van der Waals surface area contributed by atoms with Gasteiger partial charge in [0.15, 0.2) is 10.9 Å². The first-order valence-corrected chi connectivity index (χ1v) is 6.67. The van der Waals surface area contributed by atoms with Crippen LogP contribution in [0.25, 0.3) is 0 Å². The molecule has 0 aromatic carbocycles. The molecule has 0 bridgehead atoms. The number of rotatable bonds is 4. The number of nitrogens with one attached hydrogen (secondary N) is 1. The zero-order valence-corrected chi connectivity index (χ0v) is 10.9. The van der Waals surface area contributed by atoms with Gasteiger partial charge in [-0.3, -0.25) is 9.52 Å². The normalized spacial score (nSPS) is 11.2. The predicted molar refractivity (Wildman–Crippen MR) is 64.0 cm³/mol. The van der Waals surface area contributed by atoms with Crippen molar-refractivity contribution >= 4 is 44.9 Å². The molecule has 9 heteroatoms. The number of aliphatic carboxylic acids is 1. The van der Waals surface area contributed by atoms with Gasteiger partial charge >= 0.3 is 5.97 Å². The van der Waals surface area contributed by atoms with Gasteiger partial charge in [0, 0.05) is 0 Å². The Kier molecular flexibility index (Phi) is 4.18. The van der Waals surface area contributed by atoms with Gasteiger partial charge in [-0.25, -0.2) is 13.4 Å². The van der Waals surface area contributed by atoms with Crippen molar-refractivity contribution in [3.63, 3.8) is 0 Å². The third-order valence-corrected chi connectivity index (χ3v) is 3.32. The summed E-state index contributed by atoms with van der Waals surface area (Å²) in [5.74, 6) is -2.51. The molecule has 0 radical (unpaired) electrons. The van der Waals surface area contributed by atoms with Crippen LogP contribution < -0.4 is 4.72 Å². The summed E-state index contributed by atoms with van der Waals surface area (Å²) in [7, 11) is -4.01. The maximum absolute atomic E-state index is 11.4. The molecule has 0 spiro atoms. The molecule has 0 atom stereocenters. The van der Waals surface area contributed by atoms with Crippen molar-refractivity contribution in [2.45, 2.75) is 6.92 Å². The van der Waals surface area contributed by atoms with Crippen molar-refractivity contribution in [1.29, 1.82) is 0 Å². The molecular weight excluding hydrogens is 291 g/mol. The number of sulfonamides is 1. The largest absolute Gasteiger partial charge is 0.480 e. The van der Waals surface area contributed by atoms with E-state index < -0.39 is 21.7 Å². The van der Waals surface area contributed by atoms with Crippen LogP contribution in [-0.4, -0.2) is 30.2 Å². The molecule has 1 aromatic rings. The van der Waals surface area contributed by atoms with Gasteiger partial charge in [-0.05, 0) is 18.6 Å². The average molecular weight is 299 g/mol. The average Bonchev–Trinajstić information content (AvgIpc) is 2.09. The highest BCUT2D eigenvalue weighted by Gasteiger charge is 2.19. The Morgan fingerprint density at radius 2 is 2.12 bits per heavy atom. The van der Waals surface area contributed by atoms with E-state index in [1.807, 2.05) is 0 Å². The van der Waals surface area contributed by atoms with Crippen molar-refractivity contribution in [3.05, 3.63) is 21.9 Å². The number of carboxylic acids is 1. The molecule has 0 saturated heterocycles. The summed E-state index contributed by atoms with van der Waals surface area (Å²) in [6.07, 6.45) is 0. The van der Waals surface area contributed by atoms with Gasteiger partial charge in [0.25, 0.3) is 0 Å². The van der Waals surface area contributed by atoms with Crippen LogP contribution in [0.4, 0.5) is 5.69 Å². The summed E-state index contributed by atoms with van der Waals surface area (Å²) < 4.78 is 24.8. The fourth-order valence-electron chi connectivity index (χ4n) is 1.07. The minimum absolute atomic E-state index is 0.0253. The molecule has 1 rings (SSSR count). The lowest BCUT2D eigenvalue weighted by molar-refractivity contribution is -0.134. The van der Waals surface area contributed by atoms with E-state index in [1.54, 1.807) is 6.92 Å². The van der Waals surface area contributed by atoms with Gasteiger partial charge in [-0.1, -0.05) is 23.2 Å². The second kappa shape index (κ2) is 5.07. The van der Waals surface area contributed by atoms with Gasteiger partial charge in [-0.2, -0.15) is 0 Å². The summed E-state index contributed by atoms with van der Waals surface area (Å²) >= 11 is 11.3. The molecule has 1 heterocycles. The summed E-state index contributed by atoms with van der Waals surface area (Å²) in [5, 5.41) is 8.40. The van der Waals surface area contributed by atoms with Crippen molar-refractivity contribution in [3.8, 4) is 0 Å². The highest BCUT2D eigenvalue weighted by molar-refractivity contribution is 7.93. The minimum atomic E-state index is -4.01. The molecule has 0 saturated carbocycles. The number of aryl methyl sites for hydroxylation is 1. The fourth-order valence-corrected chi connectivity index (χ4v) is 2.67. The van der Waals surface area contributed by atoms with Crippen LogP contribution in [-0.2, 0) is 14.8 Å². The molecule has 6 nitrogen and oxygen atoms in total. The summed E-state index contributed by atoms with van der Waals surface area (Å²) in [6, 6.07) is 1.41. The van der Waals surface area contributed by atoms with Crippen LogP contribution in [0, 0.1) is 6.92 Å². The van der Waals surface area contributed by atoms with E-state index in [-0.39, 0.29) is 16.0 Å². The van der Waals surface area contributed by atoms with Gasteiger partial charge in [0.05, 0.1) is 5.69 Å². The van der Waals surface area contributed by atoms with Crippen LogP contribution in [0.2, 0.25) is 10.3 Å². The first-order chi connectivity index (χ1) is 7.71. The van der Waals surface area contributed by atoms with E-state index in [0.717, 1.165) is 0 Å². The van der Waals surface area contributed by atoms with Crippen LogP contribution in [0.1, 0.15) is 5.56 Å². The van der Waals surface area contributed by atoms with E-state index in [4.69, 9.17) is 28.3 Å². The van der Waals surface area contributed by atoms with Crippen LogP contribution in [0.15, 0.2) is 6.07 Å². The summed E-state index contributed by atoms with van der Waals surface area (Å²) in [4.78, 5) is 14.0. The van der Waals surface area contributed by atoms with E-state index >= 15 is 0 Å².